The number of amides is 2. The van der Waals surface area contributed by atoms with Gasteiger partial charge in [-0.05, 0) is 18.1 Å². The van der Waals surface area contributed by atoms with Crippen LogP contribution in [0.2, 0.25) is 0 Å². The minimum atomic E-state index is -0.156. The van der Waals surface area contributed by atoms with Crippen molar-refractivity contribution in [3.05, 3.63) is 30.3 Å². The summed E-state index contributed by atoms with van der Waals surface area (Å²) in [5, 5.41) is 11.7. The first kappa shape index (κ1) is 22.9. The van der Waals surface area contributed by atoms with Gasteiger partial charge in [0.2, 0.25) is 11.8 Å². The number of morpholine rings is 1. The van der Waals surface area contributed by atoms with Gasteiger partial charge in [0.15, 0.2) is 0 Å². The zero-order valence-corrected chi connectivity index (χ0v) is 17.5. The summed E-state index contributed by atoms with van der Waals surface area (Å²) in [6.07, 6.45) is 0.464. The molecule has 1 fully saturated rings. The third-order valence-corrected chi connectivity index (χ3v) is 4.76. The number of rotatable bonds is 10. The highest BCUT2D eigenvalue weighted by Crippen LogP contribution is 2.15. The van der Waals surface area contributed by atoms with Gasteiger partial charge in [0.25, 0.3) is 0 Å². The molecule has 0 aliphatic carbocycles. The van der Waals surface area contributed by atoms with E-state index in [0.717, 1.165) is 25.3 Å². The summed E-state index contributed by atoms with van der Waals surface area (Å²) < 4.78 is 5.74. The van der Waals surface area contributed by atoms with E-state index >= 15 is 0 Å². The lowest BCUT2D eigenvalue weighted by molar-refractivity contribution is -0.126. The first-order valence-corrected chi connectivity index (χ1v) is 10.3. The molecule has 1 atom stereocenters. The number of benzene rings is 1. The van der Waals surface area contributed by atoms with Gasteiger partial charge in [-0.2, -0.15) is 5.26 Å². The van der Waals surface area contributed by atoms with Crippen molar-refractivity contribution in [1.82, 2.24) is 10.2 Å². The van der Waals surface area contributed by atoms with Crippen molar-refractivity contribution >= 4 is 17.5 Å². The van der Waals surface area contributed by atoms with Crippen LogP contribution in [0, 0.1) is 17.2 Å². The van der Waals surface area contributed by atoms with E-state index in [4.69, 9.17) is 10.00 Å². The van der Waals surface area contributed by atoms with E-state index < -0.39 is 0 Å². The Morgan fingerprint density at radius 3 is 2.76 bits per heavy atom. The molecule has 29 heavy (non-hydrogen) atoms. The second kappa shape index (κ2) is 12.2. The Morgan fingerprint density at radius 1 is 1.31 bits per heavy atom. The van der Waals surface area contributed by atoms with Gasteiger partial charge in [-0.1, -0.05) is 32.0 Å². The minimum Gasteiger partial charge on any atom is -0.374 e. The fourth-order valence-corrected chi connectivity index (χ4v) is 3.43. The molecule has 158 valence electrons. The van der Waals surface area contributed by atoms with E-state index in [1.54, 1.807) is 4.90 Å². The molecule has 1 saturated heterocycles. The first-order chi connectivity index (χ1) is 14.0. The predicted molar refractivity (Wildman–Crippen MR) is 112 cm³/mol. The second-order valence-electron chi connectivity index (χ2n) is 7.74. The number of para-hydroxylation sites is 1. The molecule has 7 heteroatoms. The molecule has 1 N–H and O–H groups in total. The summed E-state index contributed by atoms with van der Waals surface area (Å²) in [6, 6.07) is 11.3. The lowest BCUT2D eigenvalue weighted by atomic mass is 10.1. The number of ether oxygens (including phenoxy) is 1. The molecule has 7 nitrogen and oxygen atoms in total. The van der Waals surface area contributed by atoms with Crippen molar-refractivity contribution in [3.63, 3.8) is 0 Å². The molecule has 0 bridgehead atoms. The third-order valence-electron chi connectivity index (χ3n) is 4.76. The molecule has 0 aromatic heterocycles. The van der Waals surface area contributed by atoms with Gasteiger partial charge in [-0.3, -0.25) is 14.5 Å². The molecule has 1 aliphatic rings. The molecule has 1 aromatic carbocycles. The van der Waals surface area contributed by atoms with E-state index in [-0.39, 0.29) is 37.2 Å². The van der Waals surface area contributed by atoms with E-state index in [1.807, 2.05) is 30.3 Å². The van der Waals surface area contributed by atoms with Crippen LogP contribution in [0.25, 0.3) is 0 Å². The lowest BCUT2D eigenvalue weighted by Crippen LogP contribution is -2.48. The summed E-state index contributed by atoms with van der Waals surface area (Å²) in [5.41, 5.74) is 0.744. The van der Waals surface area contributed by atoms with Crippen molar-refractivity contribution in [2.75, 3.05) is 44.2 Å². The molecular formula is C22H32N4O3. The van der Waals surface area contributed by atoms with Crippen molar-refractivity contribution in [1.29, 1.82) is 5.26 Å². The van der Waals surface area contributed by atoms with E-state index in [2.05, 4.69) is 30.1 Å². The number of nitrogens with one attached hydrogen (secondary N) is 1. The Hall–Kier alpha value is -2.43. The van der Waals surface area contributed by atoms with Crippen molar-refractivity contribution in [2.24, 2.45) is 5.92 Å². The van der Waals surface area contributed by atoms with Crippen molar-refractivity contribution < 1.29 is 14.3 Å². The maximum Gasteiger partial charge on any atom is 0.227 e. The molecule has 2 rings (SSSR count). The standard InChI is InChI=1S/C22H32N4O3/c1-18(2)16-25-13-14-29-20(17-25)15-24-21(27)9-10-22(28)26(12-6-11-23)19-7-4-3-5-8-19/h3-5,7-8,18,20H,6,9-10,12-17H2,1-2H3,(H,24,27). The topological polar surface area (TPSA) is 85.7 Å². The maximum atomic E-state index is 12.6. The van der Waals surface area contributed by atoms with E-state index in [9.17, 15) is 9.59 Å². The number of carbonyl (C=O) groups is 2. The summed E-state index contributed by atoms with van der Waals surface area (Å²) in [4.78, 5) is 28.8. The second-order valence-corrected chi connectivity index (χ2v) is 7.74. The number of nitrogens with zero attached hydrogens (tertiary/aromatic N) is 3. The van der Waals surface area contributed by atoms with Crippen LogP contribution in [-0.4, -0.2) is 62.1 Å². The van der Waals surface area contributed by atoms with Gasteiger partial charge in [0, 0.05) is 51.3 Å². The van der Waals surface area contributed by atoms with Crippen molar-refractivity contribution in [3.8, 4) is 6.07 Å². The van der Waals surface area contributed by atoms with Crippen LogP contribution >= 0.6 is 0 Å². The molecule has 0 saturated carbocycles. The van der Waals surface area contributed by atoms with Crippen LogP contribution in [0.5, 0.6) is 0 Å². The highest BCUT2D eigenvalue weighted by Gasteiger charge is 2.22. The van der Waals surface area contributed by atoms with Crippen LogP contribution in [0.3, 0.4) is 0 Å². The van der Waals surface area contributed by atoms with Crippen LogP contribution in [-0.2, 0) is 14.3 Å². The minimum absolute atomic E-state index is 0.0152. The van der Waals surface area contributed by atoms with Crippen LogP contribution in [0.1, 0.15) is 33.1 Å². The number of hydrogen-bond donors (Lipinski definition) is 1. The highest BCUT2D eigenvalue weighted by molar-refractivity contribution is 5.95. The van der Waals surface area contributed by atoms with Gasteiger partial charge in [0.1, 0.15) is 0 Å². The molecule has 1 aliphatic heterocycles. The average molecular weight is 401 g/mol. The number of hydrogen-bond acceptors (Lipinski definition) is 5. The summed E-state index contributed by atoms with van der Waals surface area (Å²) >= 11 is 0. The molecule has 1 aromatic rings. The largest absolute Gasteiger partial charge is 0.374 e. The lowest BCUT2D eigenvalue weighted by Gasteiger charge is -2.34. The Balaban J connectivity index is 1.77. The van der Waals surface area contributed by atoms with Crippen LogP contribution < -0.4 is 10.2 Å². The third kappa shape index (κ3) is 8.22. The molecule has 0 radical (unpaired) electrons. The maximum absolute atomic E-state index is 12.6. The summed E-state index contributed by atoms with van der Waals surface area (Å²) in [5.74, 6) is 0.290. The molecule has 1 unspecified atom stereocenters. The zero-order valence-electron chi connectivity index (χ0n) is 17.5. The van der Waals surface area contributed by atoms with Gasteiger partial charge < -0.3 is 15.0 Å². The SMILES string of the molecule is CC(C)CN1CCOC(CNC(=O)CCC(=O)N(CCC#N)c2ccccc2)C1. The molecular weight excluding hydrogens is 368 g/mol. The van der Waals surface area contributed by atoms with Gasteiger partial charge in [0.05, 0.1) is 25.2 Å². The Morgan fingerprint density at radius 2 is 2.07 bits per heavy atom. The number of carbonyl (C=O) groups excluding carboxylic acids is 2. The van der Waals surface area contributed by atoms with Crippen LogP contribution in [0.15, 0.2) is 30.3 Å². The quantitative estimate of drug-likeness (QED) is 0.651. The van der Waals surface area contributed by atoms with Gasteiger partial charge in [-0.15, -0.1) is 0 Å². The Labute approximate surface area is 173 Å². The van der Waals surface area contributed by atoms with Gasteiger partial charge >= 0.3 is 0 Å². The monoisotopic (exact) mass is 400 g/mol. The predicted octanol–water partition coefficient (Wildman–Crippen LogP) is 2.19. The fraction of sp³-hybridized carbons (Fsp3) is 0.591. The Kier molecular flexibility index (Phi) is 9.62. The van der Waals surface area contributed by atoms with Gasteiger partial charge in [-0.25, -0.2) is 0 Å². The summed E-state index contributed by atoms with van der Waals surface area (Å²) in [6.45, 7) is 8.61. The van der Waals surface area contributed by atoms with E-state index in [1.165, 1.54) is 0 Å². The highest BCUT2D eigenvalue weighted by atomic mass is 16.5. The van der Waals surface area contributed by atoms with E-state index in [0.29, 0.717) is 25.6 Å². The fourth-order valence-electron chi connectivity index (χ4n) is 3.43. The van der Waals surface area contributed by atoms with Crippen molar-refractivity contribution in [2.45, 2.75) is 39.2 Å². The Bertz CT molecular complexity index is 687. The normalized spacial score (nSPS) is 17.0. The number of nitriles is 1. The smallest absolute Gasteiger partial charge is 0.227 e. The zero-order chi connectivity index (χ0) is 21.1. The van der Waals surface area contributed by atoms with Crippen LogP contribution in [0.4, 0.5) is 5.69 Å². The molecule has 1 heterocycles. The molecule has 2 amide bonds. The first-order valence-electron chi connectivity index (χ1n) is 10.3. The number of anilines is 1. The average Bonchev–Trinajstić information content (AvgIpc) is 2.71. The molecule has 0 spiro atoms. The summed E-state index contributed by atoms with van der Waals surface area (Å²) in [7, 11) is 0.